The fraction of sp³-hybridized carbons (Fsp3) is 0.364. The Kier molecular flexibility index (Phi) is 8.05. The van der Waals surface area contributed by atoms with Crippen molar-refractivity contribution in [2.45, 2.75) is 0 Å². The van der Waals surface area contributed by atoms with Crippen molar-refractivity contribution < 1.29 is 14.3 Å². The average Bonchev–Trinajstić information content (AvgIpc) is 2.35. The SMILES string of the molecule is COc1cc(I)c(C(=O)NCCN)cc1OC.Cl. The number of ether oxygens (including phenoxy) is 2. The van der Waals surface area contributed by atoms with E-state index in [-0.39, 0.29) is 18.3 Å². The van der Waals surface area contributed by atoms with Crippen molar-refractivity contribution in [3.63, 3.8) is 0 Å². The molecule has 1 rings (SSSR count). The van der Waals surface area contributed by atoms with Crippen LogP contribution in [0.1, 0.15) is 10.4 Å². The van der Waals surface area contributed by atoms with Gasteiger partial charge in [0, 0.05) is 16.7 Å². The van der Waals surface area contributed by atoms with Crippen molar-refractivity contribution in [2.24, 2.45) is 5.73 Å². The first kappa shape index (κ1) is 17.3. The molecule has 1 aromatic carbocycles. The molecule has 0 aliphatic rings. The Hall–Kier alpha value is -0.730. The van der Waals surface area contributed by atoms with Crippen LogP contribution in [0, 0.1) is 3.57 Å². The van der Waals surface area contributed by atoms with Gasteiger partial charge in [0.15, 0.2) is 11.5 Å². The molecule has 18 heavy (non-hydrogen) atoms. The average molecular weight is 387 g/mol. The third-order valence-electron chi connectivity index (χ3n) is 2.15. The summed E-state index contributed by atoms with van der Waals surface area (Å²) < 4.78 is 11.1. The Morgan fingerprint density at radius 3 is 2.39 bits per heavy atom. The largest absolute Gasteiger partial charge is 0.493 e. The van der Waals surface area contributed by atoms with E-state index in [9.17, 15) is 4.79 Å². The van der Waals surface area contributed by atoms with Gasteiger partial charge in [-0.15, -0.1) is 12.4 Å². The number of hydrogen-bond acceptors (Lipinski definition) is 4. The fourth-order valence-corrected chi connectivity index (χ4v) is 1.99. The quantitative estimate of drug-likeness (QED) is 0.751. The summed E-state index contributed by atoms with van der Waals surface area (Å²) in [7, 11) is 3.09. The predicted molar refractivity (Wildman–Crippen MR) is 80.9 cm³/mol. The number of carbonyl (C=O) groups is 1. The molecular weight excluding hydrogens is 370 g/mol. The number of hydrogen-bond donors (Lipinski definition) is 2. The highest BCUT2D eigenvalue weighted by atomic mass is 127. The van der Waals surface area contributed by atoms with Crippen LogP contribution in [0.3, 0.4) is 0 Å². The van der Waals surface area contributed by atoms with Crippen LogP contribution in [-0.4, -0.2) is 33.2 Å². The van der Waals surface area contributed by atoms with Crippen molar-refractivity contribution in [3.05, 3.63) is 21.3 Å². The summed E-state index contributed by atoms with van der Waals surface area (Å²) in [6.45, 7) is 0.860. The number of rotatable bonds is 5. The molecule has 0 aliphatic carbocycles. The zero-order valence-corrected chi connectivity index (χ0v) is 13.1. The van der Waals surface area contributed by atoms with Gasteiger partial charge < -0.3 is 20.5 Å². The van der Waals surface area contributed by atoms with Crippen LogP contribution >= 0.6 is 35.0 Å². The molecule has 0 heterocycles. The first-order chi connectivity index (χ1) is 8.13. The highest BCUT2D eigenvalue weighted by Gasteiger charge is 2.14. The molecule has 3 N–H and O–H groups in total. The number of amides is 1. The maximum Gasteiger partial charge on any atom is 0.252 e. The predicted octanol–water partition coefficient (Wildman–Crippen LogP) is 1.42. The van der Waals surface area contributed by atoms with Gasteiger partial charge >= 0.3 is 0 Å². The van der Waals surface area contributed by atoms with Gasteiger partial charge in [0.2, 0.25) is 0 Å². The number of carbonyl (C=O) groups excluding carboxylic acids is 1. The Balaban J connectivity index is 0.00000289. The van der Waals surface area contributed by atoms with E-state index in [0.29, 0.717) is 30.2 Å². The summed E-state index contributed by atoms with van der Waals surface area (Å²) in [6, 6.07) is 3.42. The minimum Gasteiger partial charge on any atom is -0.493 e. The van der Waals surface area contributed by atoms with Gasteiger partial charge in [-0.25, -0.2) is 0 Å². The molecule has 0 saturated carbocycles. The van der Waals surface area contributed by atoms with Gasteiger partial charge in [0.05, 0.1) is 19.8 Å². The normalized spacial score (nSPS) is 9.33. The van der Waals surface area contributed by atoms with Crippen LogP contribution in [0.2, 0.25) is 0 Å². The molecule has 0 spiro atoms. The summed E-state index contributed by atoms with van der Waals surface area (Å²) in [4.78, 5) is 11.8. The summed E-state index contributed by atoms with van der Waals surface area (Å²) in [5.41, 5.74) is 5.89. The van der Waals surface area contributed by atoms with Crippen LogP contribution in [0.5, 0.6) is 11.5 Å². The molecule has 0 unspecified atom stereocenters. The Bertz CT molecular complexity index is 416. The second-order valence-electron chi connectivity index (χ2n) is 3.23. The van der Waals surface area contributed by atoms with Crippen LogP contribution in [-0.2, 0) is 0 Å². The van der Waals surface area contributed by atoms with E-state index in [2.05, 4.69) is 27.9 Å². The number of nitrogens with one attached hydrogen (secondary N) is 1. The minimum atomic E-state index is -0.166. The Morgan fingerprint density at radius 2 is 1.89 bits per heavy atom. The second-order valence-corrected chi connectivity index (χ2v) is 4.39. The molecule has 5 nitrogen and oxygen atoms in total. The first-order valence-corrected chi connectivity index (χ1v) is 6.11. The number of nitrogens with two attached hydrogens (primary N) is 1. The Morgan fingerprint density at radius 1 is 1.33 bits per heavy atom. The van der Waals surface area contributed by atoms with Gasteiger partial charge in [0.1, 0.15) is 0 Å². The maximum atomic E-state index is 11.8. The highest BCUT2D eigenvalue weighted by molar-refractivity contribution is 14.1. The van der Waals surface area contributed by atoms with Gasteiger partial charge in [-0.2, -0.15) is 0 Å². The van der Waals surface area contributed by atoms with E-state index < -0.39 is 0 Å². The fourth-order valence-electron chi connectivity index (χ4n) is 1.31. The van der Waals surface area contributed by atoms with Gasteiger partial charge in [-0.05, 0) is 34.7 Å². The molecule has 102 valence electrons. The maximum absolute atomic E-state index is 11.8. The molecule has 0 aromatic heterocycles. The van der Waals surface area contributed by atoms with E-state index in [1.165, 1.54) is 7.11 Å². The highest BCUT2D eigenvalue weighted by Crippen LogP contribution is 2.31. The lowest BCUT2D eigenvalue weighted by Crippen LogP contribution is -2.29. The second kappa shape index (κ2) is 8.39. The van der Waals surface area contributed by atoms with Crippen LogP contribution in [0.25, 0.3) is 0 Å². The van der Waals surface area contributed by atoms with Crippen molar-refractivity contribution in [1.82, 2.24) is 5.32 Å². The van der Waals surface area contributed by atoms with Gasteiger partial charge in [-0.3, -0.25) is 4.79 Å². The molecule has 7 heteroatoms. The zero-order chi connectivity index (χ0) is 12.8. The molecular formula is C11H16ClIN2O3. The van der Waals surface area contributed by atoms with E-state index in [1.807, 2.05) is 0 Å². The molecule has 1 amide bonds. The molecule has 0 radical (unpaired) electrons. The molecule has 0 saturated heterocycles. The summed E-state index contributed by atoms with van der Waals surface area (Å²) >= 11 is 2.08. The number of methoxy groups -OCH3 is 2. The first-order valence-electron chi connectivity index (χ1n) is 5.03. The van der Waals surface area contributed by atoms with E-state index in [1.54, 1.807) is 19.2 Å². The lowest BCUT2D eigenvalue weighted by molar-refractivity contribution is 0.0953. The monoisotopic (exact) mass is 386 g/mol. The van der Waals surface area contributed by atoms with Crippen LogP contribution in [0.4, 0.5) is 0 Å². The molecule has 0 atom stereocenters. The smallest absolute Gasteiger partial charge is 0.252 e. The van der Waals surface area contributed by atoms with E-state index in [0.717, 1.165) is 3.57 Å². The summed E-state index contributed by atoms with van der Waals surface area (Å²) in [6.07, 6.45) is 0. The van der Waals surface area contributed by atoms with Crippen LogP contribution < -0.4 is 20.5 Å². The molecule has 0 fully saturated rings. The zero-order valence-electron chi connectivity index (χ0n) is 10.2. The van der Waals surface area contributed by atoms with Crippen molar-refractivity contribution >= 4 is 40.9 Å². The lowest BCUT2D eigenvalue weighted by Gasteiger charge is -2.11. The van der Waals surface area contributed by atoms with E-state index >= 15 is 0 Å². The summed E-state index contributed by atoms with van der Waals surface area (Å²) in [5, 5.41) is 2.71. The van der Waals surface area contributed by atoms with E-state index in [4.69, 9.17) is 15.2 Å². The number of halogens is 2. The molecule has 0 bridgehead atoms. The molecule has 1 aromatic rings. The minimum absolute atomic E-state index is 0. The third kappa shape index (κ3) is 4.18. The van der Waals surface area contributed by atoms with Crippen LogP contribution in [0.15, 0.2) is 12.1 Å². The van der Waals surface area contributed by atoms with Crippen molar-refractivity contribution in [2.75, 3.05) is 27.3 Å². The molecule has 0 aliphatic heterocycles. The topological polar surface area (TPSA) is 73.6 Å². The summed E-state index contributed by atoms with van der Waals surface area (Å²) in [5.74, 6) is 0.971. The lowest BCUT2D eigenvalue weighted by atomic mass is 10.2. The Labute approximate surface area is 126 Å². The van der Waals surface area contributed by atoms with Crippen molar-refractivity contribution in [1.29, 1.82) is 0 Å². The third-order valence-corrected chi connectivity index (χ3v) is 3.04. The van der Waals surface area contributed by atoms with Gasteiger partial charge in [0.25, 0.3) is 5.91 Å². The number of benzene rings is 1. The van der Waals surface area contributed by atoms with Gasteiger partial charge in [-0.1, -0.05) is 0 Å². The standard InChI is InChI=1S/C11H15IN2O3.ClH/c1-16-9-5-7(11(15)14-4-3-13)8(12)6-10(9)17-2;/h5-6H,3-4,13H2,1-2H3,(H,14,15);1H. The van der Waals surface area contributed by atoms with Crippen molar-refractivity contribution in [3.8, 4) is 11.5 Å².